The molecule has 0 bridgehead atoms. The summed E-state index contributed by atoms with van der Waals surface area (Å²) in [6.07, 6.45) is 13.3. The number of nitrogens with zero attached hydrogens (tertiary/aromatic N) is 2. The third kappa shape index (κ3) is 5.20. The van der Waals surface area contributed by atoms with Gasteiger partial charge in [0, 0.05) is 11.6 Å². The highest BCUT2D eigenvalue weighted by atomic mass is 32.2. The Morgan fingerprint density at radius 3 is 2.55 bits per heavy atom. The standard InChI is InChI=1S/C25H27N3O2S/c1-25(2,3)19-12-10-17(11-13-19)20-14-22(28-24(26-20)31-4)27-23-16-29-15-21(30-23)18-8-6-5-7-9-18/h5-6,8,10-16H,7,9H2,1-4H3,(H,26,27,28). The molecule has 5 nitrogen and oxygen atoms in total. The fraction of sp³-hybridized carbons (Fsp3) is 0.280. The summed E-state index contributed by atoms with van der Waals surface area (Å²) in [7, 11) is 0. The normalized spacial score (nSPS) is 15.9. The second-order valence-electron chi connectivity index (χ2n) is 8.44. The van der Waals surface area contributed by atoms with E-state index in [-0.39, 0.29) is 5.41 Å². The summed E-state index contributed by atoms with van der Waals surface area (Å²) in [4.78, 5) is 9.27. The molecule has 0 saturated heterocycles. The van der Waals surface area contributed by atoms with E-state index in [1.54, 1.807) is 12.5 Å². The molecule has 2 aromatic rings. The molecular weight excluding hydrogens is 406 g/mol. The first-order chi connectivity index (χ1) is 14.9. The molecule has 0 spiro atoms. The zero-order valence-electron chi connectivity index (χ0n) is 18.3. The molecule has 6 heteroatoms. The quantitative estimate of drug-likeness (QED) is 0.427. The van der Waals surface area contributed by atoms with E-state index in [1.807, 2.05) is 18.4 Å². The number of nitrogens with one attached hydrogen (secondary N) is 1. The largest absolute Gasteiger partial charge is 0.463 e. The minimum absolute atomic E-state index is 0.112. The maximum Gasteiger partial charge on any atom is 0.234 e. The van der Waals surface area contributed by atoms with Crippen molar-refractivity contribution in [1.82, 2.24) is 9.97 Å². The van der Waals surface area contributed by atoms with Crippen LogP contribution in [0.2, 0.25) is 0 Å². The number of thioether (sulfide) groups is 1. The van der Waals surface area contributed by atoms with Crippen LogP contribution in [0, 0.1) is 0 Å². The lowest BCUT2D eigenvalue weighted by molar-refractivity contribution is 0.233. The lowest BCUT2D eigenvalue weighted by Crippen LogP contribution is -2.11. The van der Waals surface area contributed by atoms with E-state index in [9.17, 15) is 0 Å². The first-order valence-corrected chi connectivity index (χ1v) is 11.6. The van der Waals surface area contributed by atoms with Crippen LogP contribution in [0.3, 0.4) is 0 Å². The zero-order chi connectivity index (χ0) is 21.8. The number of benzene rings is 1. The highest BCUT2D eigenvalue weighted by molar-refractivity contribution is 7.98. The van der Waals surface area contributed by atoms with Crippen LogP contribution in [0.4, 0.5) is 5.82 Å². The van der Waals surface area contributed by atoms with Crippen LogP contribution < -0.4 is 5.32 Å². The van der Waals surface area contributed by atoms with Gasteiger partial charge in [0.1, 0.15) is 12.1 Å². The first kappa shape index (κ1) is 21.2. The highest BCUT2D eigenvalue weighted by Gasteiger charge is 2.17. The van der Waals surface area contributed by atoms with Crippen LogP contribution in [0.1, 0.15) is 39.2 Å². The van der Waals surface area contributed by atoms with Crippen molar-refractivity contribution in [3.63, 3.8) is 0 Å². The molecule has 0 amide bonds. The number of rotatable bonds is 5. The van der Waals surface area contributed by atoms with Crippen LogP contribution in [-0.2, 0) is 14.9 Å². The highest BCUT2D eigenvalue weighted by Crippen LogP contribution is 2.29. The molecule has 2 aliphatic rings. The molecule has 160 valence electrons. The maximum absolute atomic E-state index is 6.02. The summed E-state index contributed by atoms with van der Waals surface area (Å²) in [5, 5.41) is 3.92. The SMILES string of the molecule is CSc1nc(NC2=COC=C(C3=CC=CCC3)O2)cc(-c2ccc(C(C)(C)C)cc2)n1. The van der Waals surface area contributed by atoms with Gasteiger partial charge in [0.15, 0.2) is 17.2 Å². The summed E-state index contributed by atoms with van der Waals surface area (Å²) in [5.41, 5.74) is 4.42. The van der Waals surface area contributed by atoms with Crippen molar-refractivity contribution >= 4 is 17.6 Å². The van der Waals surface area contributed by atoms with Gasteiger partial charge >= 0.3 is 0 Å². The lowest BCUT2D eigenvalue weighted by Gasteiger charge is -2.20. The van der Waals surface area contributed by atoms with Gasteiger partial charge < -0.3 is 14.8 Å². The average Bonchev–Trinajstić information content (AvgIpc) is 2.79. The van der Waals surface area contributed by atoms with Gasteiger partial charge in [0.25, 0.3) is 0 Å². The van der Waals surface area contributed by atoms with Crippen molar-refractivity contribution in [2.24, 2.45) is 0 Å². The zero-order valence-corrected chi connectivity index (χ0v) is 19.1. The van der Waals surface area contributed by atoms with Crippen molar-refractivity contribution in [3.8, 4) is 11.3 Å². The van der Waals surface area contributed by atoms with Crippen LogP contribution in [0.5, 0.6) is 0 Å². The summed E-state index contributed by atoms with van der Waals surface area (Å²) in [6, 6.07) is 10.5. The van der Waals surface area contributed by atoms with Gasteiger partial charge in [-0.2, -0.15) is 0 Å². The second-order valence-corrected chi connectivity index (χ2v) is 9.21. The minimum Gasteiger partial charge on any atom is -0.463 e. The fourth-order valence-electron chi connectivity index (χ4n) is 3.32. The lowest BCUT2D eigenvalue weighted by atomic mass is 9.86. The van der Waals surface area contributed by atoms with Crippen LogP contribution >= 0.6 is 11.8 Å². The summed E-state index contributed by atoms with van der Waals surface area (Å²) in [5.74, 6) is 1.86. The number of hydrogen-bond donors (Lipinski definition) is 1. The van der Waals surface area contributed by atoms with E-state index in [2.05, 4.69) is 72.5 Å². The first-order valence-electron chi connectivity index (χ1n) is 10.3. The Labute approximate surface area is 188 Å². The Bertz CT molecular complexity index is 1080. The van der Waals surface area contributed by atoms with Crippen molar-refractivity contribution in [3.05, 3.63) is 83.9 Å². The minimum atomic E-state index is 0.112. The van der Waals surface area contributed by atoms with E-state index in [4.69, 9.17) is 9.47 Å². The van der Waals surface area contributed by atoms with E-state index in [0.29, 0.717) is 22.6 Å². The van der Waals surface area contributed by atoms with Gasteiger partial charge in [0.05, 0.1) is 5.69 Å². The molecule has 0 fully saturated rings. The molecule has 1 aromatic heterocycles. The monoisotopic (exact) mass is 433 g/mol. The van der Waals surface area contributed by atoms with Crippen molar-refractivity contribution < 1.29 is 9.47 Å². The third-order valence-electron chi connectivity index (χ3n) is 5.09. The molecule has 31 heavy (non-hydrogen) atoms. The summed E-state index contributed by atoms with van der Waals surface area (Å²) < 4.78 is 11.5. The van der Waals surface area contributed by atoms with Crippen molar-refractivity contribution in [2.45, 2.75) is 44.2 Å². The second kappa shape index (κ2) is 9.02. The Kier molecular flexibility index (Phi) is 6.18. The summed E-state index contributed by atoms with van der Waals surface area (Å²) >= 11 is 1.50. The average molecular weight is 434 g/mol. The smallest absolute Gasteiger partial charge is 0.234 e. The van der Waals surface area contributed by atoms with Gasteiger partial charge in [-0.3, -0.25) is 0 Å². The molecule has 4 rings (SSSR count). The Morgan fingerprint density at radius 1 is 1.06 bits per heavy atom. The molecule has 0 unspecified atom stereocenters. The number of ether oxygens (including phenoxy) is 2. The van der Waals surface area contributed by atoms with Crippen molar-refractivity contribution in [2.75, 3.05) is 11.6 Å². The predicted octanol–water partition coefficient (Wildman–Crippen LogP) is 6.54. The van der Waals surface area contributed by atoms with Crippen molar-refractivity contribution in [1.29, 1.82) is 0 Å². The number of hydrogen-bond acceptors (Lipinski definition) is 6. The van der Waals surface area contributed by atoms with Gasteiger partial charge in [0.2, 0.25) is 5.88 Å². The molecule has 1 aromatic carbocycles. The van der Waals surface area contributed by atoms with Crippen LogP contribution in [0.15, 0.2) is 83.5 Å². The van der Waals surface area contributed by atoms with E-state index in [0.717, 1.165) is 29.7 Å². The molecule has 2 heterocycles. The van der Waals surface area contributed by atoms with E-state index < -0.39 is 0 Å². The van der Waals surface area contributed by atoms with Gasteiger partial charge in [-0.1, -0.05) is 75.0 Å². The maximum atomic E-state index is 6.02. The number of allylic oxidation sites excluding steroid dienone is 4. The Balaban J connectivity index is 1.55. The van der Waals surface area contributed by atoms with E-state index >= 15 is 0 Å². The third-order valence-corrected chi connectivity index (χ3v) is 5.63. The molecular formula is C25H27N3O2S. The molecule has 0 atom stereocenters. The van der Waals surface area contributed by atoms with Gasteiger partial charge in [-0.25, -0.2) is 9.97 Å². The van der Waals surface area contributed by atoms with Crippen LogP contribution in [-0.4, -0.2) is 16.2 Å². The Morgan fingerprint density at radius 2 is 1.87 bits per heavy atom. The molecule has 0 radical (unpaired) electrons. The van der Waals surface area contributed by atoms with Gasteiger partial charge in [-0.15, -0.1) is 0 Å². The molecule has 1 aliphatic heterocycles. The number of anilines is 1. The van der Waals surface area contributed by atoms with Gasteiger partial charge in [-0.05, 0) is 35.6 Å². The summed E-state index contributed by atoms with van der Waals surface area (Å²) in [6.45, 7) is 6.63. The fourth-order valence-corrected chi connectivity index (χ4v) is 3.70. The van der Waals surface area contributed by atoms with Crippen LogP contribution in [0.25, 0.3) is 11.3 Å². The van der Waals surface area contributed by atoms with E-state index in [1.165, 1.54) is 17.3 Å². The number of aromatic nitrogens is 2. The molecule has 1 N–H and O–H groups in total. The topological polar surface area (TPSA) is 56.3 Å². The molecule has 0 saturated carbocycles. The Hall–Kier alpha value is -2.99. The molecule has 1 aliphatic carbocycles. The predicted molar refractivity (Wildman–Crippen MR) is 126 cm³/mol.